The van der Waals surface area contributed by atoms with E-state index in [1.165, 1.54) is 0 Å². The van der Waals surface area contributed by atoms with E-state index in [1.54, 1.807) is 18.2 Å². The Hall–Kier alpha value is -2.05. The third-order valence-corrected chi connectivity index (χ3v) is 5.15. The van der Waals surface area contributed by atoms with Gasteiger partial charge in [0.2, 0.25) is 5.91 Å². The smallest absolute Gasteiger partial charge is 0.266 e. The van der Waals surface area contributed by atoms with Crippen molar-refractivity contribution >= 4 is 35.0 Å². The number of nitrogens with one attached hydrogen (secondary N) is 2. The minimum absolute atomic E-state index is 0.00868. The number of aromatic nitrogens is 2. The number of carbonyl (C=O) groups is 2. The van der Waals surface area contributed by atoms with Crippen molar-refractivity contribution in [3.63, 3.8) is 0 Å². The summed E-state index contributed by atoms with van der Waals surface area (Å²) in [5.41, 5.74) is 7.30. The van der Waals surface area contributed by atoms with Gasteiger partial charge < -0.3 is 11.1 Å². The van der Waals surface area contributed by atoms with Gasteiger partial charge in [-0.15, -0.1) is 0 Å². The molecule has 8 heteroatoms. The predicted octanol–water partition coefficient (Wildman–Crippen LogP) is 2.81. The molecular weight excluding hydrogens is 363 g/mol. The number of primary amides is 1. The van der Waals surface area contributed by atoms with Crippen LogP contribution in [-0.4, -0.2) is 28.1 Å². The molecule has 6 nitrogen and oxygen atoms in total. The molecule has 1 fully saturated rings. The second-order valence-corrected chi connectivity index (χ2v) is 7.07. The number of H-pyrrole nitrogens is 1. The number of carbonyl (C=O) groups excluding carboxylic acids is 2. The summed E-state index contributed by atoms with van der Waals surface area (Å²) in [6.45, 7) is 0. The summed E-state index contributed by atoms with van der Waals surface area (Å²) in [5, 5.41) is 10.7. The maximum absolute atomic E-state index is 12.1. The average molecular weight is 381 g/mol. The van der Waals surface area contributed by atoms with Crippen LogP contribution in [0.1, 0.15) is 46.9 Å². The summed E-state index contributed by atoms with van der Waals surface area (Å²) in [5.74, 6) is -0.274. The summed E-state index contributed by atoms with van der Waals surface area (Å²) in [6, 6.07) is 7.20. The molecule has 0 spiro atoms. The molecule has 1 heterocycles. The van der Waals surface area contributed by atoms with Crippen molar-refractivity contribution in [2.75, 3.05) is 0 Å². The van der Waals surface area contributed by atoms with Gasteiger partial charge in [-0.2, -0.15) is 5.10 Å². The van der Waals surface area contributed by atoms with Crippen molar-refractivity contribution in [1.82, 2.24) is 15.5 Å². The zero-order chi connectivity index (χ0) is 18.0. The number of hydrogen-bond donors (Lipinski definition) is 3. The number of aromatic amines is 1. The number of aryl methyl sites for hydroxylation is 1. The van der Waals surface area contributed by atoms with E-state index < -0.39 is 5.91 Å². The summed E-state index contributed by atoms with van der Waals surface area (Å²) < 4.78 is 0. The molecule has 1 aliphatic rings. The van der Waals surface area contributed by atoms with Crippen molar-refractivity contribution in [3.8, 4) is 0 Å². The Balaban J connectivity index is 1.42. The first kappa shape index (κ1) is 17.8. The van der Waals surface area contributed by atoms with Crippen LogP contribution in [-0.2, 0) is 11.2 Å². The van der Waals surface area contributed by atoms with Gasteiger partial charge in [-0.05, 0) is 43.0 Å². The van der Waals surface area contributed by atoms with E-state index in [1.807, 2.05) is 6.07 Å². The van der Waals surface area contributed by atoms with Crippen LogP contribution in [0.25, 0.3) is 0 Å². The standard InChI is InChI=1S/C17H18Cl2N4O2/c18-12-3-1-9(5-13(12)19)2-4-16(24)21-11-6-10(7-11)14-8-15(17(20)25)23-22-14/h1,3,5,8,10-11H,2,4,6-7H2,(H2,20,25)(H,21,24)(H,22,23)/t10-,11+. The highest BCUT2D eigenvalue weighted by atomic mass is 35.5. The predicted molar refractivity (Wildman–Crippen MR) is 95.8 cm³/mol. The highest BCUT2D eigenvalue weighted by Crippen LogP contribution is 2.36. The lowest BCUT2D eigenvalue weighted by molar-refractivity contribution is -0.122. The van der Waals surface area contributed by atoms with E-state index in [-0.39, 0.29) is 17.9 Å². The summed E-state index contributed by atoms with van der Waals surface area (Å²) in [4.78, 5) is 23.1. The second-order valence-electron chi connectivity index (χ2n) is 6.25. The monoisotopic (exact) mass is 380 g/mol. The lowest BCUT2D eigenvalue weighted by atomic mass is 9.78. The summed E-state index contributed by atoms with van der Waals surface area (Å²) in [6.07, 6.45) is 2.62. The minimum Gasteiger partial charge on any atom is -0.364 e. The Morgan fingerprint density at radius 1 is 1.24 bits per heavy atom. The molecule has 25 heavy (non-hydrogen) atoms. The molecular formula is C17H18Cl2N4O2. The van der Waals surface area contributed by atoms with Crippen molar-refractivity contribution in [2.24, 2.45) is 5.73 Å². The molecule has 2 aromatic rings. The van der Waals surface area contributed by atoms with Gasteiger partial charge >= 0.3 is 0 Å². The van der Waals surface area contributed by atoms with Crippen LogP contribution >= 0.6 is 23.2 Å². The molecule has 0 atom stereocenters. The quantitative estimate of drug-likeness (QED) is 0.717. The molecule has 1 aromatic heterocycles. The topological polar surface area (TPSA) is 101 Å². The Kier molecular flexibility index (Phi) is 5.30. The fourth-order valence-electron chi connectivity index (χ4n) is 2.90. The van der Waals surface area contributed by atoms with E-state index in [0.717, 1.165) is 24.1 Å². The van der Waals surface area contributed by atoms with Crippen molar-refractivity contribution in [1.29, 1.82) is 0 Å². The van der Waals surface area contributed by atoms with Crippen molar-refractivity contribution in [3.05, 3.63) is 51.3 Å². The van der Waals surface area contributed by atoms with Crippen LogP contribution in [0.2, 0.25) is 10.0 Å². The van der Waals surface area contributed by atoms with Crippen LogP contribution in [0, 0.1) is 0 Å². The molecule has 2 amide bonds. The van der Waals surface area contributed by atoms with E-state index in [4.69, 9.17) is 28.9 Å². The highest BCUT2D eigenvalue weighted by molar-refractivity contribution is 6.42. The second kappa shape index (κ2) is 7.45. The largest absolute Gasteiger partial charge is 0.364 e. The fraction of sp³-hybridized carbons (Fsp3) is 0.353. The van der Waals surface area contributed by atoms with Gasteiger partial charge in [-0.3, -0.25) is 14.7 Å². The van der Waals surface area contributed by atoms with E-state index in [9.17, 15) is 9.59 Å². The Bertz CT molecular complexity index is 800. The Morgan fingerprint density at radius 3 is 2.64 bits per heavy atom. The molecule has 0 radical (unpaired) electrons. The molecule has 1 aromatic carbocycles. The maximum atomic E-state index is 12.1. The molecule has 3 rings (SSSR count). The molecule has 132 valence electrons. The zero-order valence-electron chi connectivity index (χ0n) is 13.4. The van der Waals surface area contributed by atoms with Gasteiger partial charge in [0, 0.05) is 18.4 Å². The molecule has 0 unspecified atom stereocenters. The number of hydrogen-bond acceptors (Lipinski definition) is 3. The van der Waals surface area contributed by atoms with Gasteiger partial charge in [0.15, 0.2) is 0 Å². The highest BCUT2D eigenvalue weighted by Gasteiger charge is 2.33. The third-order valence-electron chi connectivity index (χ3n) is 4.41. The van der Waals surface area contributed by atoms with Crippen molar-refractivity contribution in [2.45, 2.75) is 37.6 Å². The molecule has 0 bridgehead atoms. The number of benzene rings is 1. The van der Waals surface area contributed by atoms with Crippen LogP contribution in [0.3, 0.4) is 0 Å². The van der Waals surface area contributed by atoms with Crippen LogP contribution in [0.4, 0.5) is 0 Å². The van der Waals surface area contributed by atoms with Gasteiger partial charge in [0.1, 0.15) is 5.69 Å². The number of halogens is 2. The number of rotatable bonds is 6. The Labute approximate surface area is 155 Å². The van der Waals surface area contributed by atoms with Crippen LogP contribution < -0.4 is 11.1 Å². The first-order valence-electron chi connectivity index (χ1n) is 8.00. The average Bonchev–Trinajstić information content (AvgIpc) is 3.01. The lowest BCUT2D eigenvalue weighted by Crippen LogP contribution is -2.43. The number of nitrogens with two attached hydrogens (primary N) is 1. The van der Waals surface area contributed by atoms with E-state index in [0.29, 0.717) is 28.6 Å². The molecule has 4 N–H and O–H groups in total. The first-order chi connectivity index (χ1) is 11.9. The maximum Gasteiger partial charge on any atom is 0.266 e. The Morgan fingerprint density at radius 2 is 2.00 bits per heavy atom. The SMILES string of the molecule is NC(=O)c1cc([C@H]2C[C@@H](NC(=O)CCc3ccc(Cl)c(Cl)c3)C2)n[nH]1. The molecule has 0 saturated heterocycles. The van der Waals surface area contributed by atoms with Gasteiger partial charge in [0.25, 0.3) is 5.91 Å². The molecule has 0 aliphatic heterocycles. The van der Waals surface area contributed by atoms with Gasteiger partial charge in [0.05, 0.1) is 15.7 Å². The third kappa shape index (κ3) is 4.32. The van der Waals surface area contributed by atoms with Crippen molar-refractivity contribution < 1.29 is 9.59 Å². The molecule has 1 saturated carbocycles. The lowest BCUT2D eigenvalue weighted by Gasteiger charge is -2.34. The van der Waals surface area contributed by atoms with Crippen LogP contribution in [0.15, 0.2) is 24.3 Å². The normalized spacial score (nSPS) is 19.3. The van der Waals surface area contributed by atoms with E-state index in [2.05, 4.69) is 15.5 Å². The number of nitrogens with zero attached hydrogens (tertiary/aromatic N) is 1. The van der Waals surface area contributed by atoms with Gasteiger partial charge in [-0.1, -0.05) is 29.3 Å². The first-order valence-corrected chi connectivity index (χ1v) is 8.76. The van der Waals surface area contributed by atoms with E-state index >= 15 is 0 Å². The zero-order valence-corrected chi connectivity index (χ0v) is 14.9. The van der Waals surface area contributed by atoms with Gasteiger partial charge in [-0.25, -0.2) is 0 Å². The summed E-state index contributed by atoms with van der Waals surface area (Å²) in [7, 11) is 0. The fourth-order valence-corrected chi connectivity index (χ4v) is 3.22. The van der Waals surface area contributed by atoms with Crippen LogP contribution in [0.5, 0.6) is 0 Å². The number of amides is 2. The summed E-state index contributed by atoms with van der Waals surface area (Å²) >= 11 is 11.8. The molecule has 1 aliphatic carbocycles. The minimum atomic E-state index is -0.523.